The summed E-state index contributed by atoms with van der Waals surface area (Å²) in [6, 6.07) is 17.9. The minimum atomic E-state index is -0.864. The van der Waals surface area contributed by atoms with Crippen LogP contribution in [-0.2, 0) is 11.2 Å². The summed E-state index contributed by atoms with van der Waals surface area (Å²) < 4.78 is 14.7. The van der Waals surface area contributed by atoms with Crippen molar-refractivity contribution in [3.8, 4) is 22.5 Å². The van der Waals surface area contributed by atoms with E-state index in [1.54, 1.807) is 20.0 Å². The highest BCUT2D eigenvalue weighted by molar-refractivity contribution is 5.80. The van der Waals surface area contributed by atoms with E-state index < -0.39 is 11.4 Å². The Morgan fingerprint density at radius 2 is 1.76 bits per heavy atom. The predicted octanol–water partition coefficient (Wildman–Crippen LogP) is 5.88. The topological polar surface area (TPSA) is 128 Å². The van der Waals surface area contributed by atoms with Crippen molar-refractivity contribution in [3.05, 3.63) is 98.5 Å². The molecule has 3 aromatic heterocycles. The van der Waals surface area contributed by atoms with Crippen molar-refractivity contribution in [1.82, 2.24) is 24.3 Å². The second-order valence-corrected chi connectivity index (χ2v) is 12.8. The molecule has 0 bridgehead atoms. The minimum Gasteiger partial charge on any atom is -0.388 e. The number of nitrogens with zero attached hydrogens (tertiary/aromatic N) is 4. The van der Waals surface area contributed by atoms with E-state index in [0.717, 1.165) is 77.7 Å². The first kappa shape index (κ1) is 30.7. The normalized spacial score (nSPS) is 18.0. The molecule has 45 heavy (non-hydrogen) atoms. The van der Waals surface area contributed by atoms with Gasteiger partial charge in [0.1, 0.15) is 5.65 Å². The number of hydrogen-bond donors (Lipinski definition) is 2. The first-order chi connectivity index (χ1) is 21.6. The summed E-state index contributed by atoms with van der Waals surface area (Å²) >= 11 is 0. The van der Waals surface area contributed by atoms with Crippen molar-refractivity contribution < 1.29 is 14.4 Å². The molecule has 0 spiro atoms. The Balaban J connectivity index is 1.34. The average molecular weight is 612 g/mol. The van der Waals surface area contributed by atoms with Crippen LogP contribution >= 0.6 is 0 Å². The molecule has 2 aromatic carbocycles. The van der Waals surface area contributed by atoms with Gasteiger partial charge in [-0.15, -0.1) is 0 Å². The number of aryl methyl sites for hydroxylation is 1. The van der Waals surface area contributed by atoms with E-state index >= 15 is 0 Å². The minimum absolute atomic E-state index is 0.0437. The number of nitrogens with one attached hydrogen (secondary N) is 1. The van der Waals surface area contributed by atoms with Gasteiger partial charge in [-0.3, -0.25) is 18.9 Å². The third-order valence-corrected chi connectivity index (χ3v) is 8.83. The number of fused-ring (bicyclic) bond motifs is 1. The van der Waals surface area contributed by atoms with Gasteiger partial charge in [0.25, 0.3) is 5.56 Å². The lowest BCUT2D eigenvalue weighted by atomic mass is 9.88. The van der Waals surface area contributed by atoms with Crippen molar-refractivity contribution >= 4 is 5.65 Å². The van der Waals surface area contributed by atoms with Gasteiger partial charge in [0.05, 0.1) is 30.2 Å². The number of ether oxygens (including phenoxy) is 1. The number of hydrogen-bond acceptors (Lipinski definition) is 7. The zero-order chi connectivity index (χ0) is 31.7. The van der Waals surface area contributed by atoms with Crippen LogP contribution in [0.2, 0.25) is 0 Å². The SMILES string of the molecule is CCCc1c(C(C)c2ccc(-c3ccccc3-c3noc(=O)[nH]3)cc2)c(=O)n(C2CCC(OCC(C)(C)O)CC2)c2ccnn12. The smallest absolute Gasteiger partial charge is 0.388 e. The molecule has 1 aliphatic carbocycles. The molecule has 6 rings (SSSR count). The quantitative estimate of drug-likeness (QED) is 0.202. The summed E-state index contributed by atoms with van der Waals surface area (Å²) in [6.45, 7) is 8.03. The Kier molecular flexibility index (Phi) is 8.61. The van der Waals surface area contributed by atoms with E-state index in [1.807, 2.05) is 51.5 Å². The van der Waals surface area contributed by atoms with E-state index in [9.17, 15) is 14.7 Å². The van der Waals surface area contributed by atoms with Crippen LogP contribution in [0.15, 0.2) is 74.9 Å². The molecule has 236 valence electrons. The molecule has 1 aliphatic rings. The molecule has 0 aliphatic heterocycles. The second kappa shape index (κ2) is 12.6. The number of aromatic amines is 1. The van der Waals surface area contributed by atoms with Gasteiger partial charge in [0, 0.05) is 29.2 Å². The Morgan fingerprint density at radius 3 is 2.40 bits per heavy atom. The fourth-order valence-corrected chi connectivity index (χ4v) is 6.62. The van der Waals surface area contributed by atoms with Gasteiger partial charge in [-0.1, -0.05) is 74.0 Å². The Hall–Kier alpha value is -4.28. The lowest BCUT2D eigenvalue weighted by Crippen LogP contribution is -2.36. The third kappa shape index (κ3) is 6.30. The number of rotatable bonds is 10. The van der Waals surface area contributed by atoms with Crippen LogP contribution in [0.1, 0.15) is 88.6 Å². The van der Waals surface area contributed by atoms with E-state index in [2.05, 4.69) is 36.1 Å². The summed E-state index contributed by atoms with van der Waals surface area (Å²) in [5.41, 5.74) is 5.42. The van der Waals surface area contributed by atoms with Crippen molar-refractivity contribution in [2.24, 2.45) is 0 Å². The highest BCUT2D eigenvalue weighted by Gasteiger charge is 2.30. The second-order valence-electron chi connectivity index (χ2n) is 12.8. The largest absolute Gasteiger partial charge is 0.439 e. The maximum Gasteiger partial charge on any atom is 0.439 e. The number of aliphatic hydroxyl groups is 1. The first-order valence-corrected chi connectivity index (χ1v) is 15.8. The fourth-order valence-electron chi connectivity index (χ4n) is 6.62. The summed E-state index contributed by atoms with van der Waals surface area (Å²) in [7, 11) is 0. The van der Waals surface area contributed by atoms with Gasteiger partial charge in [0.2, 0.25) is 0 Å². The lowest BCUT2D eigenvalue weighted by molar-refractivity contribution is -0.0654. The van der Waals surface area contributed by atoms with Crippen LogP contribution < -0.4 is 11.3 Å². The van der Waals surface area contributed by atoms with Gasteiger partial charge in [-0.05, 0) is 62.6 Å². The van der Waals surface area contributed by atoms with Crippen LogP contribution in [0, 0.1) is 0 Å². The molecule has 5 aromatic rings. The molecule has 0 amide bonds. The molecular weight excluding hydrogens is 570 g/mol. The highest BCUT2D eigenvalue weighted by Crippen LogP contribution is 2.35. The van der Waals surface area contributed by atoms with Gasteiger partial charge in [-0.2, -0.15) is 5.10 Å². The van der Waals surface area contributed by atoms with Crippen LogP contribution in [0.3, 0.4) is 0 Å². The summed E-state index contributed by atoms with van der Waals surface area (Å²) in [6.07, 6.45) is 6.81. The van der Waals surface area contributed by atoms with Gasteiger partial charge < -0.3 is 9.84 Å². The molecular formula is C35H41N5O5. The zero-order valence-electron chi connectivity index (χ0n) is 26.3. The first-order valence-electron chi connectivity index (χ1n) is 15.8. The number of aromatic nitrogens is 5. The van der Waals surface area contributed by atoms with E-state index in [1.165, 1.54) is 0 Å². The third-order valence-electron chi connectivity index (χ3n) is 8.83. The molecule has 1 fully saturated rings. The van der Waals surface area contributed by atoms with Crippen molar-refractivity contribution in [2.45, 2.75) is 89.9 Å². The van der Waals surface area contributed by atoms with Gasteiger partial charge in [0.15, 0.2) is 5.82 Å². The standard InChI is InChI=1S/C35H41N5O5/c1-5-8-29-31(22(2)23-11-13-24(14-12-23)27-9-6-7-10-28(27)32-37-34(42)45-38-32)33(41)39(30-19-20-36-40(29)30)25-15-17-26(18-16-25)44-21-35(3,4)43/h6-7,9-14,19-20,22,25-26,43H,5,8,15-18,21H2,1-4H3,(H,37,38,42). The van der Waals surface area contributed by atoms with Crippen LogP contribution in [-0.4, -0.2) is 47.7 Å². The molecule has 3 heterocycles. The van der Waals surface area contributed by atoms with Gasteiger partial charge >= 0.3 is 5.76 Å². The maximum atomic E-state index is 14.5. The average Bonchev–Trinajstić information content (AvgIpc) is 3.70. The summed E-state index contributed by atoms with van der Waals surface area (Å²) in [4.78, 5) is 28.8. The number of benzene rings is 2. The lowest BCUT2D eigenvalue weighted by Gasteiger charge is -2.32. The molecule has 1 atom stereocenters. The van der Waals surface area contributed by atoms with Crippen molar-refractivity contribution in [2.75, 3.05) is 6.61 Å². The summed E-state index contributed by atoms with van der Waals surface area (Å²) in [5.74, 6) is -0.386. The van der Waals surface area contributed by atoms with Crippen molar-refractivity contribution in [3.63, 3.8) is 0 Å². The maximum absolute atomic E-state index is 14.5. The Bertz CT molecular complexity index is 1880. The predicted molar refractivity (Wildman–Crippen MR) is 173 cm³/mol. The Labute approximate surface area is 261 Å². The van der Waals surface area contributed by atoms with E-state index in [0.29, 0.717) is 12.4 Å². The molecule has 10 nitrogen and oxygen atoms in total. The van der Waals surface area contributed by atoms with E-state index in [-0.39, 0.29) is 23.6 Å². The molecule has 1 unspecified atom stereocenters. The fraction of sp³-hybridized carbons (Fsp3) is 0.429. The molecule has 0 saturated heterocycles. The van der Waals surface area contributed by atoms with Crippen LogP contribution in [0.5, 0.6) is 0 Å². The molecule has 1 saturated carbocycles. The molecule has 10 heteroatoms. The van der Waals surface area contributed by atoms with Crippen molar-refractivity contribution in [1.29, 1.82) is 0 Å². The van der Waals surface area contributed by atoms with Crippen LogP contribution in [0.4, 0.5) is 0 Å². The summed E-state index contributed by atoms with van der Waals surface area (Å²) in [5, 5.41) is 18.7. The Morgan fingerprint density at radius 1 is 1.04 bits per heavy atom. The van der Waals surface area contributed by atoms with Gasteiger partial charge in [-0.25, -0.2) is 9.31 Å². The highest BCUT2D eigenvalue weighted by atomic mass is 16.5. The number of H-pyrrole nitrogens is 1. The van der Waals surface area contributed by atoms with Crippen LogP contribution in [0.25, 0.3) is 28.2 Å². The van der Waals surface area contributed by atoms with E-state index in [4.69, 9.17) is 14.4 Å². The monoisotopic (exact) mass is 611 g/mol. The molecule has 0 radical (unpaired) electrons. The zero-order valence-corrected chi connectivity index (χ0v) is 26.3. The molecule has 2 N–H and O–H groups in total.